The molecule has 0 saturated carbocycles. The molecule has 0 heterocycles. The fourth-order valence-corrected chi connectivity index (χ4v) is 3.40. The summed E-state index contributed by atoms with van der Waals surface area (Å²) in [7, 11) is 6.19. The van der Waals surface area contributed by atoms with Gasteiger partial charge in [0.1, 0.15) is 11.5 Å². The van der Waals surface area contributed by atoms with Crippen LogP contribution in [-0.4, -0.2) is 31.2 Å². The zero-order valence-corrected chi connectivity index (χ0v) is 14.0. The molecule has 0 aliphatic rings. The van der Waals surface area contributed by atoms with Gasteiger partial charge in [-0.05, 0) is 50.1 Å². The third-order valence-corrected chi connectivity index (χ3v) is 4.65. The fourth-order valence-electron chi connectivity index (χ4n) is 2.20. The third kappa shape index (κ3) is 4.20. The van der Waals surface area contributed by atoms with E-state index in [0.717, 1.165) is 17.6 Å². The second-order valence-electron chi connectivity index (χ2n) is 5.41. The summed E-state index contributed by atoms with van der Waals surface area (Å²) in [6.45, 7) is 3.00. The quantitative estimate of drug-likeness (QED) is 0.861. The summed E-state index contributed by atoms with van der Waals surface area (Å²) < 4.78 is 5.25. The Balaban J connectivity index is 2.34. The number of hydrogen-bond donors (Lipinski definition) is 1. The van der Waals surface area contributed by atoms with Crippen LogP contribution in [0.2, 0.25) is 0 Å². The number of aromatic hydroxyl groups is 1. The summed E-state index contributed by atoms with van der Waals surface area (Å²) in [5.74, 6) is 1.10. The summed E-state index contributed by atoms with van der Waals surface area (Å²) in [5, 5.41) is 12.2. The number of benzene rings is 2. The van der Waals surface area contributed by atoms with E-state index >= 15 is 0 Å². The first-order valence-electron chi connectivity index (χ1n) is 6.88. The molecule has 112 valence electrons. The van der Waals surface area contributed by atoms with E-state index in [1.807, 2.05) is 6.07 Å². The summed E-state index contributed by atoms with van der Waals surface area (Å²) in [4.78, 5) is 2.16. The van der Waals surface area contributed by atoms with E-state index in [2.05, 4.69) is 44.1 Å². The van der Waals surface area contributed by atoms with E-state index in [9.17, 15) is 5.11 Å². The molecule has 0 saturated heterocycles. The Morgan fingerprint density at radius 1 is 1.10 bits per heavy atom. The number of phenols is 1. The fraction of sp³-hybridized carbons (Fsp3) is 0.294. The lowest BCUT2D eigenvalue weighted by Gasteiger charge is -2.16. The highest BCUT2D eigenvalue weighted by molar-refractivity contribution is 7.55. The first-order valence-corrected chi connectivity index (χ1v) is 7.88. The first kappa shape index (κ1) is 15.8. The molecule has 0 amide bonds. The van der Waals surface area contributed by atoms with Crippen molar-refractivity contribution in [3.05, 3.63) is 47.5 Å². The third-order valence-electron chi connectivity index (χ3n) is 3.22. The van der Waals surface area contributed by atoms with Crippen molar-refractivity contribution >= 4 is 19.2 Å². The molecule has 1 unspecified atom stereocenters. The molecule has 2 aromatic rings. The Bertz CT molecular complexity index is 626. The number of methoxy groups -OCH3 is 1. The van der Waals surface area contributed by atoms with Crippen LogP contribution in [0.5, 0.6) is 11.5 Å². The summed E-state index contributed by atoms with van der Waals surface area (Å²) >= 11 is 0. The van der Waals surface area contributed by atoms with E-state index in [0.29, 0.717) is 14.3 Å². The van der Waals surface area contributed by atoms with Crippen LogP contribution in [0.3, 0.4) is 0 Å². The molecule has 2 aromatic carbocycles. The van der Waals surface area contributed by atoms with Crippen molar-refractivity contribution in [1.29, 1.82) is 0 Å². The van der Waals surface area contributed by atoms with E-state index in [1.54, 1.807) is 19.2 Å². The van der Waals surface area contributed by atoms with Gasteiger partial charge in [0.25, 0.3) is 0 Å². The van der Waals surface area contributed by atoms with Crippen molar-refractivity contribution in [1.82, 2.24) is 4.90 Å². The zero-order chi connectivity index (χ0) is 15.4. The van der Waals surface area contributed by atoms with Crippen LogP contribution in [0, 0.1) is 6.92 Å². The molecule has 0 bridgehead atoms. The average Bonchev–Trinajstić information content (AvgIpc) is 2.43. The molecule has 0 aromatic heterocycles. The summed E-state index contributed by atoms with van der Waals surface area (Å²) in [6.07, 6.45) is 0. The maximum absolute atomic E-state index is 10.1. The van der Waals surface area contributed by atoms with Gasteiger partial charge in [0.15, 0.2) is 0 Å². The Labute approximate surface area is 128 Å². The minimum absolute atomic E-state index is 0.325. The molecule has 21 heavy (non-hydrogen) atoms. The monoisotopic (exact) mass is 303 g/mol. The van der Waals surface area contributed by atoms with Crippen LogP contribution in [0.4, 0.5) is 0 Å². The van der Waals surface area contributed by atoms with Crippen molar-refractivity contribution in [2.45, 2.75) is 13.5 Å². The molecule has 1 atom stereocenters. The predicted molar refractivity (Wildman–Crippen MR) is 90.8 cm³/mol. The number of hydrogen-bond acceptors (Lipinski definition) is 3. The smallest absolute Gasteiger partial charge is 0.123 e. The predicted octanol–water partition coefficient (Wildman–Crippen LogP) is 2.40. The Kier molecular flexibility index (Phi) is 5.22. The maximum atomic E-state index is 10.1. The molecule has 0 fully saturated rings. The number of phenolic OH excluding ortho intramolecular Hbond substituents is 1. The van der Waals surface area contributed by atoms with Crippen molar-refractivity contribution in [3.63, 3.8) is 0 Å². The van der Waals surface area contributed by atoms with Crippen LogP contribution < -0.4 is 15.3 Å². The van der Waals surface area contributed by atoms with Gasteiger partial charge in [0.2, 0.25) is 0 Å². The maximum Gasteiger partial charge on any atom is 0.123 e. The molecule has 0 aliphatic heterocycles. The molecule has 2 rings (SSSR count). The average molecular weight is 303 g/mol. The van der Waals surface area contributed by atoms with Gasteiger partial charge in [0.05, 0.1) is 7.11 Å². The van der Waals surface area contributed by atoms with Crippen LogP contribution in [-0.2, 0) is 6.54 Å². The van der Waals surface area contributed by atoms with Gasteiger partial charge in [0, 0.05) is 11.8 Å². The van der Waals surface area contributed by atoms with Gasteiger partial charge in [-0.1, -0.05) is 32.3 Å². The molecular formula is C17H22NO2P. The van der Waals surface area contributed by atoms with Crippen LogP contribution in [0.1, 0.15) is 11.1 Å². The van der Waals surface area contributed by atoms with Crippen LogP contribution >= 0.6 is 8.58 Å². The Morgan fingerprint density at radius 2 is 1.86 bits per heavy atom. The molecule has 0 radical (unpaired) electrons. The zero-order valence-electron chi connectivity index (χ0n) is 13.0. The van der Waals surface area contributed by atoms with Gasteiger partial charge in [-0.25, -0.2) is 0 Å². The van der Waals surface area contributed by atoms with E-state index in [4.69, 9.17) is 4.74 Å². The van der Waals surface area contributed by atoms with Gasteiger partial charge in [-0.15, -0.1) is 0 Å². The number of rotatable bonds is 5. The Morgan fingerprint density at radius 3 is 2.52 bits per heavy atom. The minimum Gasteiger partial charge on any atom is -0.507 e. The molecule has 0 spiro atoms. The summed E-state index contributed by atoms with van der Waals surface area (Å²) in [5.41, 5.74) is 2.57. The Hall–Kier alpha value is -1.57. The highest BCUT2D eigenvalue weighted by Crippen LogP contribution is 2.24. The van der Waals surface area contributed by atoms with Crippen molar-refractivity contribution in [3.8, 4) is 11.5 Å². The SMILES string of the molecule is COc1ccc(O)c(Pc2ccc(C)cc2CN(C)C)c1. The van der Waals surface area contributed by atoms with Crippen molar-refractivity contribution < 1.29 is 9.84 Å². The molecule has 0 aliphatic carbocycles. The number of aryl methyl sites for hydroxylation is 1. The lowest BCUT2D eigenvalue weighted by Crippen LogP contribution is -2.18. The highest BCUT2D eigenvalue weighted by Gasteiger charge is 2.09. The second kappa shape index (κ2) is 6.93. The van der Waals surface area contributed by atoms with Gasteiger partial charge >= 0.3 is 0 Å². The van der Waals surface area contributed by atoms with Crippen molar-refractivity contribution in [2.75, 3.05) is 21.2 Å². The highest BCUT2D eigenvalue weighted by atomic mass is 31.1. The van der Waals surface area contributed by atoms with Gasteiger partial charge < -0.3 is 14.7 Å². The van der Waals surface area contributed by atoms with E-state index in [1.165, 1.54) is 16.4 Å². The lowest BCUT2D eigenvalue weighted by molar-refractivity contribution is 0.403. The van der Waals surface area contributed by atoms with Gasteiger partial charge in [-0.3, -0.25) is 0 Å². The van der Waals surface area contributed by atoms with Gasteiger partial charge in [-0.2, -0.15) is 0 Å². The second-order valence-corrected chi connectivity index (χ2v) is 6.73. The molecule has 1 N–H and O–H groups in total. The molecule has 3 nitrogen and oxygen atoms in total. The van der Waals surface area contributed by atoms with Crippen LogP contribution in [0.15, 0.2) is 36.4 Å². The molecule has 4 heteroatoms. The topological polar surface area (TPSA) is 32.7 Å². The van der Waals surface area contributed by atoms with E-state index < -0.39 is 0 Å². The normalized spacial score (nSPS) is 11.5. The first-order chi connectivity index (χ1) is 9.99. The number of nitrogens with zero attached hydrogens (tertiary/aromatic N) is 1. The molecular weight excluding hydrogens is 281 g/mol. The lowest BCUT2D eigenvalue weighted by atomic mass is 10.1. The number of ether oxygens (including phenoxy) is 1. The standard InChI is InChI=1S/C17H22NO2P/c1-12-5-8-16(13(9-12)11-18(2)3)21-17-10-14(20-4)6-7-15(17)19/h5-10,19,21H,11H2,1-4H3. The van der Waals surface area contributed by atoms with E-state index in [-0.39, 0.29) is 0 Å². The summed E-state index contributed by atoms with van der Waals surface area (Å²) in [6, 6.07) is 11.9. The van der Waals surface area contributed by atoms with Crippen molar-refractivity contribution in [2.24, 2.45) is 0 Å². The minimum atomic E-state index is 0.325. The largest absolute Gasteiger partial charge is 0.507 e. The van der Waals surface area contributed by atoms with Crippen LogP contribution in [0.25, 0.3) is 0 Å².